The van der Waals surface area contributed by atoms with E-state index >= 15 is 0 Å². The molecule has 3 atom stereocenters. The maximum Gasteiger partial charge on any atom is 0.252 e. The van der Waals surface area contributed by atoms with Crippen LogP contribution in [0.3, 0.4) is 0 Å². The number of nitrogens with one attached hydrogen (secondary N) is 2. The number of methoxy groups -OCH3 is 2. The van der Waals surface area contributed by atoms with Gasteiger partial charge in [-0.1, -0.05) is 26.7 Å². The van der Waals surface area contributed by atoms with Crippen molar-refractivity contribution in [1.82, 2.24) is 10.6 Å². The zero-order valence-corrected chi connectivity index (χ0v) is 16.5. The summed E-state index contributed by atoms with van der Waals surface area (Å²) in [4.78, 5) is 25.4. The third-order valence-corrected chi connectivity index (χ3v) is 4.91. The summed E-state index contributed by atoms with van der Waals surface area (Å²) in [7, 11) is 3.02. The van der Waals surface area contributed by atoms with Gasteiger partial charge in [-0.05, 0) is 30.9 Å². The van der Waals surface area contributed by atoms with Crippen LogP contribution in [0.1, 0.15) is 49.9 Å². The Morgan fingerprint density at radius 3 is 2.19 bits per heavy atom. The first-order valence-corrected chi connectivity index (χ1v) is 9.38. The molecule has 1 aromatic rings. The summed E-state index contributed by atoms with van der Waals surface area (Å²) < 4.78 is 10.4. The van der Waals surface area contributed by atoms with Gasteiger partial charge in [0.05, 0.1) is 26.4 Å². The summed E-state index contributed by atoms with van der Waals surface area (Å²) in [6, 6.07) is 3.90. The summed E-state index contributed by atoms with van der Waals surface area (Å²) in [6.07, 6.45) is 2.85. The lowest BCUT2D eigenvalue weighted by Gasteiger charge is -2.31. The minimum atomic E-state index is -0.705. The van der Waals surface area contributed by atoms with E-state index in [9.17, 15) is 14.7 Å². The van der Waals surface area contributed by atoms with Gasteiger partial charge in [0.15, 0.2) is 0 Å². The van der Waals surface area contributed by atoms with E-state index in [0.29, 0.717) is 23.5 Å². The minimum absolute atomic E-state index is 0.109. The summed E-state index contributed by atoms with van der Waals surface area (Å²) in [5.41, 5.74) is 0.349. The van der Waals surface area contributed by atoms with Gasteiger partial charge < -0.3 is 25.2 Å². The quantitative estimate of drug-likeness (QED) is 0.673. The average molecular weight is 378 g/mol. The fourth-order valence-electron chi connectivity index (χ4n) is 3.25. The smallest absolute Gasteiger partial charge is 0.252 e. The van der Waals surface area contributed by atoms with Crippen molar-refractivity contribution < 1.29 is 24.2 Å². The van der Waals surface area contributed by atoms with Gasteiger partial charge in [0, 0.05) is 11.6 Å². The first kappa shape index (κ1) is 21.0. The number of benzene rings is 1. The largest absolute Gasteiger partial charge is 0.497 e. The maximum absolute atomic E-state index is 12.7. The van der Waals surface area contributed by atoms with Crippen molar-refractivity contribution >= 4 is 11.8 Å². The fourth-order valence-corrected chi connectivity index (χ4v) is 3.25. The molecule has 0 heterocycles. The van der Waals surface area contributed by atoms with Crippen molar-refractivity contribution in [2.24, 2.45) is 5.92 Å². The molecule has 2 amide bonds. The van der Waals surface area contributed by atoms with Gasteiger partial charge in [0.2, 0.25) is 5.91 Å². The molecule has 1 aliphatic carbocycles. The highest BCUT2D eigenvalue weighted by Crippen LogP contribution is 2.23. The zero-order valence-electron chi connectivity index (χ0n) is 16.5. The van der Waals surface area contributed by atoms with Crippen LogP contribution < -0.4 is 20.1 Å². The van der Waals surface area contributed by atoms with Gasteiger partial charge >= 0.3 is 0 Å². The Bertz CT molecular complexity index is 640. The van der Waals surface area contributed by atoms with Crippen molar-refractivity contribution in [2.75, 3.05) is 14.2 Å². The van der Waals surface area contributed by atoms with Crippen molar-refractivity contribution in [3.63, 3.8) is 0 Å². The second-order valence-electron chi connectivity index (χ2n) is 7.26. The Morgan fingerprint density at radius 1 is 1.07 bits per heavy atom. The standard InChI is InChI=1S/C20H30N2O5/c1-12(2)18(20(25)21-16-7-5-6-8-17(16)23)22-19(24)13-9-14(26-3)11-15(10-13)27-4/h9-12,16-18,23H,5-8H2,1-4H3,(H,21,25)(H,22,24)/t16-,17+,18+/m1/s1. The van der Waals surface area contributed by atoms with Crippen molar-refractivity contribution in [3.8, 4) is 11.5 Å². The summed E-state index contributed by atoms with van der Waals surface area (Å²) >= 11 is 0. The molecule has 1 saturated carbocycles. The van der Waals surface area contributed by atoms with Crippen LogP contribution in [0.25, 0.3) is 0 Å². The van der Waals surface area contributed by atoms with E-state index in [0.717, 1.165) is 19.3 Å². The van der Waals surface area contributed by atoms with E-state index in [1.165, 1.54) is 14.2 Å². The highest BCUT2D eigenvalue weighted by molar-refractivity contribution is 5.98. The van der Waals surface area contributed by atoms with Crippen LogP contribution in [0.5, 0.6) is 11.5 Å². The normalized spacial score (nSPS) is 20.7. The monoisotopic (exact) mass is 378 g/mol. The van der Waals surface area contributed by atoms with Gasteiger partial charge in [-0.3, -0.25) is 9.59 Å². The first-order chi connectivity index (χ1) is 12.8. The van der Waals surface area contributed by atoms with E-state index < -0.39 is 12.1 Å². The number of rotatable bonds is 7. The van der Waals surface area contributed by atoms with Crippen molar-refractivity contribution in [3.05, 3.63) is 23.8 Å². The zero-order chi connectivity index (χ0) is 20.0. The van der Waals surface area contributed by atoms with Crippen LogP contribution in [-0.2, 0) is 4.79 Å². The van der Waals surface area contributed by atoms with E-state index in [4.69, 9.17) is 9.47 Å². The lowest BCUT2D eigenvalue weighted by molar-refractivity contribution is -0.125. The second kappa shape index (κ2) is 9.60. The van der Waals surface area contributed by atoms with Gasteiger partial charge in [-0.25, -0.2) is 0 Å². The summed E-state index contributed by atoms with van der Waals surface area (Å²) in [5.74, 6) is 0.220. The molecule has 1 aromatic carbocycles. The van der Waals surface area contributed by atoms with Crippen LogP contribution in [-0.4, -0.2) is 49.3 Å². The number of carbonyl (C=O) groups is 2. The number of aliphatic hydroxyl groups excluding tert-OH is 1. The number of hydrogen-bond acceptors (Lipinski definition) is 5. The van der Waals surface area contributed by atoms with E-state index in [2.05, 4.69) is 10.6 Å². The Hall–Kier alpha value is -2.28. The first-order valence-electron chi connectivity index (χ1n) is 9.38. The number of aliphatic hydroxyl groups is 1. The van der Waals surface area contributed by atoms with Gasteiger partial charge in [0.1, 0.15) is 17.5 Å². The van der Waals surface area contributed by atoms with Crippen LogP contribution in [0.2, 0.25) is 0 Å². The Morgan fingerprint density at radius 2 is 1.67 bits per heavy atom. The number of ether oxygens (including phenoxy) is 2. The highest BCUT2D eigenvalue weighted by Gasteiger charge is 2.30. The molecule has 7 nitrogen and oxygen atoms in total. The molecule has 7 heteroatoms. The Balaban J connectivity index is 2.10. The summed E-state index contributed by atoms with van der Waals surface area (Å²) in [6.45, 7) is 3.74. The van der Waals surface area contributed by atoms with E-state index in [1.54, 1.807) is 18.2 Å². The molecule has 2 rings (SSSR count). The number of carbonyl (C=O) groups excluding carboxylic acids is 2. The molecule has 0 saturated heterocycles. The number of hydrogen-bond donors (Lipinski definition) is 3. The molecule has 150 valence electrons. The Kier molecular flexibility index (Phi) is 7.47. The van der Waals surface area contributed by atoms with Gasteiger partial charge in [0.25, 0.3) is 5.91 Å². The van der Waals surface area contributed by atoms with Crippen molar-refractivity contribution in [1.29, 1.82) is 0 Å². The predicted molar refractivity (Wildman–Crippen MR) is 102 cm³/mol. The molecule has 1 aliphatic rings. The summed E-state index contributed by atoms with van der Waals surface area (Å²) in [5, 5.41) is 15.8. The molecular weight excluding hydrogens is 348 g/mol. The third kappa shape index (κ3) is 5.60. The molecule has 0 spiro atoms. The lowest BCUT2D eigenvalue weighted by Crippen LogP contribution is -2.55. The molecule has 3 N–H and O–H groups in total. The van der Waals surface area contributed by atoms with Crippen LogP contribution in [0.15, 0.2) is 18.2 Å². The molecule has 0 unspecified atom stereocenters. The molecular formula is C20H30N2O5. The van der Waals surface area contributed by atoms with Crippen LogP contribution in [0, 0.1) is 5.92 Å². The second-order valence-corrected chi connectivity index (χ2v) is 7.26. The van der Waals surface area contributed by atoms with E-state index in [-0.39, 0.29) is 23.8 Å². The molecule has 0 radical (unpaired) electrons. The average Bonchev–Trinajstić information content (AvgIpc) is 2.66. The van der Waals surface area contributed by atoms with Gasteiger partial charge in [-0.2, -0.15) is 0 Å². The molecule has 1 fully saturated rings. The van der Waals surface area contributed by atoms with Crippen molar-refractivity contribution in [2.45, 2.75) is 57.7 Å². The van der Waals surface area contributed by atoms with E-state index in [1.807, 2.05) is 13.8 Å². The SMILES string of the molecule is COc1cc(OC)cc(C(=O)N[C@H](C(=O)N[C@@H]2CCCC[C@@H]2O)C(C)C)c1. The predicted octanol–water partition coefficient (Wildman–Crippen LogP) is 1.88. The third-order valence-electron chi connectivity index (χ3n) is 4.91. The number of amides is 2. The molecule has 27 heavy (non-hydrogen) atoms. The topological polar surface area (TPSA) is 96.9 Å². The van der Waals surface area contributed by atoms with Crippen LogP contribution >= 0.6 is 0 Å². The molecule has 0 bridgehead atoms. The molecule has 0 aromatic heterocycles. The minimum Gasteiger partial charge on any atom is -0.497 e. The maximum atomic E-state index is 12.7. The van der Waals surface area contributed by atoms with Gasteiger partial charge in [-0.15, -0.1) is 0 Å². The Labute approximate surface area is 160 Å². The van der Waals surface area contributed by atoms with Crippen LogP contribution in [0.4, 0.5) is 0 Å². The lowest BCUT2D eigenvalue weighted by atomic mass is 9.92. The highest BCUT2D eigenvalue weighted by atomic mass is 16.5. The fraction of sp³-hybridized carbons (Fsp3) is 0.600. The molecule has 0 aliphatic heterocycles.